The predicted molar refractivity (Wildman–Crippen MR) is 148 cm³/mol. The van der Waals surface area contributed by atoms with Gasteiger partial charge in [0.2, 0.25) is 0 Å². The van der Waals surface area contributed by atoms with Crippen LogP contribution in [0.15, 0.2) is 73.6 Å². The normalized spacial score (nSPS) is 12.5. The van der Waals surface area contributed by atoms with E-state index in [1.165, 1.54) is 35.4 Å². The average molecular weight is 629 g/mol. The van der Waals surface area contributed by atoms with E-state index in [1.807, 2.05) is 0 Å². The summed E-state index contributed by atoms with van der Waals surface area (Å²) in [5.41, 5.74) is 1.79. The first-order chi connectivity index (χ1) is 20.6. The van der Waals surface area contributed by atoms with Crippen molar-refractivity contribution in [1.29, 1.82) is 0 Å². The molecule has 0 bridgehead atoms. The third-order valence-corrected chi connectivity index (χ3v) is 7.02. The Kier molecular flexibility index (Phi) is 7.40. The zero-order valence-corrected chi connectivity index (χ0v) is 23.5. The summed E-state index contributed by atoms with van der Waals surface area (Å²) in [6.45, 7) is 0. The van der Waals surface area contributed by atoms with Crippen LogP contribution in [0.2, 0.25) is 10.2 Å². The molecule has 0 fully saturated rings. The number of nitrogens with zero attached hydrogens (tertiary/aromatic N) is 10. The number of halogens is 6. The van der Waals surface area contributed by atoms with Crippen LogP contribution in [0.1, 0.15) is 23.1 Å². The van der Waals surface area contributed by atoms with E-state index in [9.17, 15) is 13.2 Å². The molecule has 0 amide bonds. The van der Waals surface area contributed by atoms with Gasteiger partial charge < -0.3 is 0 Å². The second kappa shape index (κ2) is 11.2. The minimum atomic E-state index is -4.59. The molecule has 43 heavy (non-hydrogen) atoms. The maximum atomic E-state index is 15.4. The van der Waals surface area contributed by atoms with E-state index >= 15 is 4.39 Å². The van der Waals surface area contributed by atoms with Crippen LogP contribution in [0.3, 0.4) is 0 Å². The summed E-state index contributed by atoms with van der Waals surface area (Å²) in [6.07, 6.45) is 4.55. The third-order valence-electron chi connectivity index (χ3n) is 6.56. The van der Waals surface area contributed by atoms with Crippen molar-refractivity contribution in [1.82, 2.24) is 49.7 Å². The Morgan fingerprint density at radius 2 is 1.72 bits per heavy atom. The second-order valence-corrected chi connectivity index (χ2v) is 10.2. The Morgan fingerprint density at radius 1 is 0.884 bits per heavy atom. The van der Waals surface area contributed by atoms with Gasteiger partial charge in [0.05, 0.1) is 40.5 Å². The van der Waals surface area contributed by atoms with Gasteiger partial charge in [-0.1, -0.05) is 39.7 Å². The van der Waals surface area contributed by atoms with E-state index in [2.05, 4.69) is 35.7 Å². The zero-order valence-electron chi connectivity index (χ0n) is 22.0. The number of aromatic nitrogens is 10. The maximum absolute atomic E-state index is 15.4. The van der Waals surface area contributed by atoms with Gasteiger partial charge in [0, 0.05) is 54.9 Å². The van der Waals surface area contributed by atoms with E-state index in [1.54, 1.807) is 47.0 Å². The summed E-state index contributed by atoms with van der Waals surface area (Å²) in [4.78, 5) is 8.04. The van der Waals surface area contributed by atoms with Crippen molar-refractivity contribution >= 4 is 23.2 Å². The number of rotatable bonds is 7. The smallest absolute Gasteiger partial charge is 0.263 e. The van der Waals surface area contributed by atoms with Gasteiger partial charge in [-0.25, -0.2) is 9.07 Å². The molecule has 0 saturated heterocycles. The molecule has 0 saturated carbocycles. The van der Waals surface area contributed by atoms with Crippen molar-refractivity contribution in [3.05, 3.63) is 107 Å². The Morgan fingerprint density at radius 3 is 2.40 bits per heavy atom. The second-order valence-electron chi connectivity index (χ2n) is 9.45. The summed E-state index contributed by atoms with van der Waals surface area (Å²) in [5, 5.41) is 20.3. The molecule has 0 N–H and O–H groups in total. The van der Waals surface area contributed by atoms with E-state index in [4.69, 9.17) is 23.2 Å². The molecular weight excluding hydrogens is 611 g/mol. The number of hydrogen-bond donors (Lipinski definition) is 0. The largest absolute Gasteiger partial charge is 0.433 e. The fraction of sp³-hybridized carbons (Fsp3) is 0.148. The first-order valence-corrected chi connectivity index (χ1v) is 13.3. The van der Waals surface area contributed by atoms with Gasteiger partial charge >= 0.3 is 6.18 Å². The van der Waals surface area contributed by atoms with Gasteiger partial charge in [-0.15, -0.1) is 10.2 Å². The quantitative estimate of drug-likeness (QED) is 0.199. The average Bonchev–Trinajstić information content (AvgIpc) is 3.74. The van der Waals surface area contributed by atoms with Crippen LogP contribution < -0.4 is 0 Å². The minimum absolute atomic E-state index is 0.0940. The topological polar surface area (TPSA) is 105 Å². The number of hydrogen-bond acceptors (Lipinski definition) is 7. The van der Waals surface area contributed by atoms with Crippen LogP contribution in [-0.2, 0) is 19.6 Å². The Balaban J connectivity index is 1.39. The van der Waals surface area contributed by atoms with E-state index in [0.29, 0.717) is 40.2 Å². The van der Waals surface area contributed by atoms with Crippen molar-refractivity contribution in [2.24, 2.45) is 7.05 Å². The summed E-state index contributed by atoms with van der Waals surface area (Å²) in [6, 6.07) is 8.26. The number of pyridine rings is 2. The molecule has 10 nitrogen and oxygen atoms in total. The first kappa shape index (κ1) is 28.4. The van der Waals surface area contributed by atoms with Crippen LogP contribution in [0, 0.1) is 5.82 Å². The van der Waals surface area contributed by atoms with Crippen molar-refractivity contribution in [3.8, 4) is 27.9 Å². The molecule has 0 spiro atoms. The van der Waals surface area contributed by atoms with Crippen LogP contribution >= 0.6 is 23.2 Å². The van der Waals surface area contributed by atoms with Gasteiger partial charge in [-0.3, -0.25) is 19.3 Å². The van der Waals surface area contributed by atoms with Crippen molar-refractivity contribution in [2.45, 2.75) is 18.6 Å². The Hall–Kier alpha value is -4.69. The van der Waals surface area contributed by atoms with Crippen LogP contribution in [0.25, 0.3) is 27.9 Å². The molecule has 6 rings (SSSR count). The molecule has 0 unspecified atom stereocenters. The Labute approximate surface area is 250 Å². The van der Waals surface area contributed by atoms with Crippen LogP contribution in [0.5, 0.6) is 0 Å². The van der Waals surface area contributed by atoms with Crippen LogP contribution in [-0.4, -0.2) is 49.7 Å². The fourth-order valence-electron chi connectivity index (χ4n) is 4.56. The molecule has 0 aliphatic heterocycles. The molecule has 0 aliphatic rings. The standard InChI is InChI=1S/C27H18Cl2F4N10/c1-41-13-18(37-39-41)9-22(42-12-17(11-36-42)15-6-7-34-23(8-15)27(31,32)33)20-4-2-16(10-35-20)25-21(5-3-19(28)26(25)30)43-14-24(29)38-40-43/h2-8,10-14,22H,9H2,1H3/t22-/m0/s1. The summed E-state index contributed by atoms with van der Waals surface area (Å²) in [7, 11) is 1.73. The SMILES string of the molecule is Cn1cc(C[C@@H](c2ccc(-c3c(-n4cc(Cl)nn4)ccc(Cl)c3F)cn2)n2cc(-c3ccnc(C(F)(F)F)c3)cn2)nn1. The zero-order chi connectivity index (χ0) is 30.3. The Bertz CT molecular complexity index is 1910. The minimum Gasteiger partial charge on any atom is -0.263 e. The molecule has 0 radical (unpaired) electrons. The van der Waals surface area contributed by atoms with Crippen LogP contribution in [0.4, 0.5) is 17.6 Å². The third kappa shape index (κ3) is 5.83. The summed E-state index contributed by atoms with van der Waals surface area (Å²) in [5.74, 6) is -0.677. The van der Waals surface area contributed by atoms with E-state index in [0.717, 1.165) is 12.3 Å². The lowest BCUT2D eigenvalue weighted by molar-refractivity contribution is -0.141. The summed E-state index contributed by atoms with van der Waals surface area (Å²) < 4.78 is 59.6. The van der Waals surface area contributed by atoms with Gasteiger partial charge in [0.25, 0.3) is 0 Å². The predicted octanol–water partition coefficient (Wildman–Crippen LogP) is 6.01. The van der Waals surface area contributed by atoms with Gasteiger partial charge in [0.15, 0.2) is 11.0 Å². The highest BCUT2D eigenvalue weighted by Crippen LogP contribution is 2.35. The molecule has 16 heteroatoms. The van der Waals surface area contributed by atoms with Gasteiger partial charge in [-0.2, -0.15) is 18.3 Å². The van der Waals surface area contributed by atoms with Gasteiger partial charge in [-0.05, 0) is 35.9 Å². The monoisotopic (exact) mass is 628 g/mol. The van der Waals surface area contributed by atoms with Gasteiger partial charge in [0.1, 0.15) is 5.69 Å². The van der Waals surface area contributed by atoms with Crippen molar-refractivity contribution in [3.63, 3.8) is 0 Å². The summed E-state index contributed by atoms with van der Waals surface area (Å²) >= 11 is 12.0. The van der Waals surface area contributed by atoms with E-state index < -0.39 is 23.7 Å². The number of alkyl halides is 3. The highest BCUT2D eigenvalue weighted by molar-refractivity contribution is 6.31. The highest BCUT2D eigenvalue weighted by atomic mass is 35.5. The molecule has 1 aromatic carbocycles. The van der Waals surface area contributed by atoms with Crippen molar-refractivity contribution in [2.75, 3.05) is 0 Å². The maximum Gasteiger partial charge on any atom is 0.433 e. The molecule has 6 aromatic rings. The first-order valence-electron chi connectivity index (χ1n) is 12.5. The molecule has 5 aromatic heterocycles. The van der Waals surface area contributed by atoms with Crippen molar-refractivity contribution < 1.29 is 17.6 Å². The molecular formula is C27H18Cl2F4N10. The molecule has 0 aliphatic carbocycles. The number of aryl methyl sites for hydroxylation is 1. The molecule has 5 heterocycles. The molecule has 1 atom stereocenters. The lowest BCUT2D eigenvalue weighted by atomic mass is 10.0. The highest BCUT2D eigenvalue weighted by Gasteiger charge is 2.32. The lowest BCUT2D eigenvalue weighted by Crippen LogP contribution is -2.16. The molecule has 218 valence electrons. The number of benzene rings is 1. The van der Waals surface area contributed by atoms with E-state index in [-0.39, 0.29) is 15.7 Å². The fourth-order valence-corrected chi connectivity index (χ4v) is 4.84. The lowest BCUT2D eigenvalue weighted by Gasteiger charge is -2.17.